The van der Waals surface area contributed by atoms with E-state index >= 15 is 0 Å². The van der Waals surface area contributed by atoms with Crippen molar-refractivity contribution >= 4 is 6.29 Å². The fraction of sp³-hybridized carbons (Fsp3) is 0.857. The quantitative estimate of drug-likeness (QED) is 0.554. The first-order valence-corrected chi connectivity index (χ1v) is 3.43. The van der Waals surface area contributed by atoms with Crippen LogP contribution in [0.5, 0.6) is 0 Å². The van der Waals surface area contributed by atoms with Crippen LogP contribution in [0, 0.1) is 5.41 Å². The Kier molecular flexibility index (Phi) is 2.38. The summed E-state index contributed by atoms with van der Waals surface area (Å²) in [6.45, 7) is 0.571. The molecule has 1 aliphatic heterocycles. The van der Waals surface area contributed by atoms with Crippen LogP contribution in [-0.4, -0.2) is 26.2 Å². The molecule has 3 heteroatoms. The van der Waals surface area contributed by atoms with Crippen molar-refractivity contribution in [3.05, 3.63) is 0 Å². The molecule has 58 valence electrons. The molecule has 0 amide bonds. The van der Waals surface area contributed by atoms with Crippen molar-refractivity contribution in [2.75, 3.05) is 19.9 Å². The van der Waals surface area contributed by atoms with Gasteiger partial charge in [0.2, 0.25) is 0 Å². The fourth-order valence-electron chi connectivity index (χ4n) is 1.16. The molecular formula is C7H11FO2. The third-order valence-corrected chi connectivity index (χ3v) is 1.98. The average molecular weight is 146 g/mol. The lowest BCUT2D eigenvalue weighted by molar-refractivity contribution is -0.116. The second-order valence-electron chi connectivity index (χ2n) is 2.72. The van der Waals surface area contributed by atoms with Crippen LogP contribution in [0.15, 0.2) is 0 Å². The lowest BCUT2D eigenvalue weighted by Gasteiger charge is -2.16. The first-order valence-electron chi connectivity index (χ1n) is 3.43. The number of carbonyl (C=O) groups is 1. The summed E-state index contributed by atoms with van der Waals surface area (Å²) in [6.07, 6.45) is 1.83. The number of carbonyl (C=O) groups excluding carboxylic acids is 1. The standard InChI is InChI=1S/C7H11FO2/c8-3-1-7(5-9)2-4-10-6-7/h5H,1-4,6H2. The van der Waals surface area contributed by atoms with Gasteiger partial charge in [0.05, 0.1) is 18.7 Å². The molecule has 10 heavy (non-hydrogen) atoms. The third kappa shape index (κ3) is 1.34. The third-order valence-electron chi connectivity index (χ3n) is 1.98. The van der Waals surface area contributed by atoms with Crippen LogP contribution in [0.3, 0.4) is 0 Å². The van der Waals surface area contributed by atoms with Crippen LogP contribution < -0.4 is 0 Å². The van der Waals surface area contributed by atoms with E-state index in [2.05, 4.69) is 0 Å². The Labute approximate surface area is 59.4 Å². The van der Waals surface area contributed by atoms with Crippen LogP contribution in [-0.2, 0) is 9.53 Å². The molecule has 1 heterocycles. The first-order chi connectivity index (χ1) is 4.83. The maximum Gasteiger partial charge on any atom is 0.128 e. The molecule has 1 unspecified atom stereocenters. The largest absolute Gasteiger partial charge is 0.380 e. The number of hydrogen-bond donors (Lipinski definition) is 0. The second kappa shape index (κ2) is 3.10. The summed E-state index contributed by atoms with van der Waals surface area (Å²) in [5.74, 6) is 0. The van der Waals surface area contributed by atoms with Crippen LogP contribution in [0.25, 0.3) is 0 Å². The maximum atomic E-state index is 11.9. The number of alkyl halides is 1. The topological polar surface area (TPSA) is 26.3 Å². The normalized spacial score (nSPS) is 32.5. The monoisotopic (exact) mass is 146 g/mol. The Hall–Kier alpha value is -0.440. The van der Waals surface area contributed by atoms with Crippen LogP contribution in [0.4, 0.5) is 4.39 Å². The smallest absolute Gasteiger partial charge is 0.128 e. The summed E-state index contributed by atoms with van der Waals surface area (Å²) in [4.78, 5) is 10.5. The van der Waals surface area contributed by atoms with Gasteiger partial charge in [0.1, 0.15) is 6.29 Å². The van der Waals surface area contributed by atoms with Crippen molar-refractivity contribution in [2.24, 2.45) is 5.41 Å². The van der Waals surface area contributed by atoms with Gasteiger partial charge >= 0.3 is 0 Å². The van der Waals surface area contributed by atoms with E-state index in [1.165, 1.54) is 0 Å². The fourth-order valence-corrected chi connectivity index (χ4v) is 1.16. The molecule has 1 saturated heterocycles. The average Bonchev–Trinajstić information content (AvgIpc) is 2.39. The van der Waals surface area contributed by atoms with Crippen molar-refractivity contribution in [3.63, 3.8) is 0 Å². The molecule has 1 aliphatic rings. The highest BCUT2D eigenvalue weighted by Gasteiger charge is 2.33. The molecule has 0 bridgehead atoms. The highest BCUT2D eigenvalue weighted by Crippen LogP contribution is 2.29. The van der Waals surface area contributed by atoms with E-state index in [0.29, 0.717) is 26.1 Å². The molecule has 0 aromatic heterocycles. The number of rotatable bonds is 3. The Morgan fingerprint density at radius 1 is 1.70 bits per heavy atom. The molecule has 0 aromatic carbocycles. The van der Waals surface area contributed by atoms with Gasteiger partial charge in [-0.05, 0) is 12.8 Å². The number of halogens is 1. The van der Waals surface area contributed by atoms with Gasteiger partial charge in [-0.3, -0.25) is 4.39 Å². The highest BCUT2D eigenvalue weighted by atomic mass is 19.1. The van der Waals surface area contributed by atoms with Gasteiger partial charge in [-0.2, -0.15) is 0 Å². The molecule has 1 fully saturated rings. The van der Waals surface area contributed by atoms with Gasteiger partial charge in [0.25, 0.3) is 0 Å². The van der Waals surface area contributed by atoms with Crippen molar-refractivity contribution < 1.29 is 13.9 Å². The molecule has 0 spiro atoms. The van der Waals surface area contributed by atoms with Crippen molar-refractivity contribution in [3.8, 4) is 0 Å². The minimum absolute atomic E-state index is 0.316. The van der Waals surface area contributed by atoms with E-state index < -0.39 is 12.1 Å². The molecule has 0 saturated carbocycles. The summed E-state index contributed by atoms with van der Waals surface area (Å²) in [5, 5.41) is 0. The maximum absolute atomic E-state index is 11.9. The summed E-state index contributed by atoms with van der Waals surface area (Å²) >= 11 is 0. The van der Waals surface area contributed by atoms with E-state index in [1.54, 1.807) is 0 Å². The molecule has 2 nitrogen and oxygen atoms in total. The van der Waals surface area contributed by atoms with Crippen molar-refractivity contribution in [1.29, 1.82) is 0 Å². The minimum atomic E-state index is -0.491. The Morgan fingerprint density at radius 2 is 2.50 bits per heavy atom. The zero-order valence-corrected chi connectivity index (χ0v) is 5.81. The van der Waals surface area contributed by atoms with Gasteiger partial charge in [-0.15, -0.1) is 0 Å². The van der Waals surface area contributed by atoms with E-state index in [0.717, 1.165) is 6.29 Å². The SMILES string of the molecule is O=CC1(CCF)CCOC1. The predicted octanol–water partition coefficient (Wildman–Crippen LogP) is 0.952. The second-order valence-corrected chi connectivity index (χ2v) is 2.72. The minimum Gasteiger partial charge on any atom is -0.380 e. The molecule has 0 aliphatic carbocycles. The van der Waals surface area contributed by atoms with E-state index in [4.69, 9.17) is 4.74 Å². The zero-order valence-electron chi connectivity index (χ0n) is 5.81. The van der Waals surface area contributed by atoms with Crippen LogP contribution in [0.2, 0.25) is 0 Å². The predicted molar refractivity (Wildman–Crippen MR) is 34.5 cm³/mol. The lowest BCUT2D eigenvalue weighted by atomic mass is 9.86. The number of ether oxygens (including phenoxy) is 1. The molecule has 0 radical (unpaired) electrons. The number of aldehydes is 1. The van der Waals surface area contributed by atoms with Crippen molar-refractivity contribution in [1.82, 2.24) is 0 Å². The van der Waals surface area contributed by atoms with Crippen LogP contribution in [0.1, 0.15) is 12.8 Å². The van der Waals surface area contributed by atoms with Crippen LogP contribution >= 0.6 is 0 Å². The van der Waals surface area contributed by atoms with E-state index in [1.807, 2.05) is 0 Å². The summed E-state index contributed by atoms with van der Waals surface area (Å²) < 4.78 is 16.9. The van der Waals surface area contributed by atoms with E-state index in [-0.39, 0.29) is 0 Å². The van der Waals surface area contributed by atoms with E-state index in [9.17, 15) is 9.18 Å². The molecular weight excluding hydrogens is 135 g/mol. The van der Waals surface area contributed by atoms with Gasteiger partial charge in [0, 0.05) is 6.61 Å². The molecule has 1 atom stereocenters. The molecule has 0 N–H and O–H groups in total. The summed E-state index contributed by atoms with van der Waals surface area (Å²) in [5.41, 5.74) is -0.491. The Bertz CT molecular complexity index is 119. The zero-order chi connectivity index (χ0) is 7.45. The highest BCUT2D eigenvalue weighted by molar-refractivity contribution is 5.60. The number of hydrogen-bond acceptors (Lipinski definition) is 2. The molecule has 0 aromatic rings. The molecule has 1 rings (SSSR count). The summed E-state index contributed by atoms with van der Waals surface area (Å²) in [6, 6.07) is 0. The van der Waals surface area contributed by atoms with Crippen molar-refractivity contribution in [2.45, 2.75) is 12.8 Å². The van der Waals surface area contributed by atoms with Gasteiger partial charge in [0.15, 0.2) is 0 Å². The van der Waals surface area contributed by atoms with Gasteiger partial charge < -0.3 is 9.53 Å². The first kappa shape index (κ1) is 7.66. The Morgan fingerprint density at radius 3 is 2.90 bits per heavy atom. The van der Waals surface area contributed by atoms with Gasteiger partial charge in [-0.1, -0.05) is 0 Å². The Balaban J connectivity index is 2.49. The summed E-state index contributed by atoms with van der Waals surface area (Å²) in [7, 11) is 0. The van der Waals surface area contributed by atoms with Gasteiger partial charge in [-0.25, -0.2) is 0 Å². The lowest BCUT2D eigenvalue weighted by Crippen LogP contribution is -2.23.